The fourth-order valence-electron chi connectivity index (χ4n) is 2.17. The van der Waals surface area contributed by atoms with Gasteiger partial charge in [0.25, 0.3) is 0 Å². The fourth-order valence-corrected chi connectivity index (χ4v) is 2.38. The lowest BCUT2D eigenvalue weighted by molar-refractivity contribution is 0.355. The topological polar surface area (TPSA) is 36.3 Å². The summed E-state index contributed by atoms with van der Waals surface area (Å²) in [5, 5.41) is 0. The van der Waals surface area contributed by atoms with Crippen molar-refractivity contribution in [2.75, 3.05) is 14.2 Å². The van der Waals surface area contributed by atoms with E-state index in [0.29, 0.717) is 23.3 Å². The van der Waals surface area contributed by atoms with Crippen LogP contribution in [0.2, 0.25) is 0 Å². The molecule has 1 aromatic carbocycles. The highest BCUT2D eigenvalue weighted by Gasteiger charge is 2.15. The van der Waals surface area contributed by atoms with Crippen LogP contribution in [0.15, 0.2) is 12.1 Å². The van der Waals surface area contributed by atoms with Gasteiger partial charge in [0.2, 0.25) is 0 Å². The Hall–Kier alpha value is -1.42. The number of methoxy groups -OCH3 is 2. The largest absolute Gasteiger partial charge is 0.493 e. The first-order valence-corrected chi connectivity index (χ1v) is 6.81. The molecule has 0 atom stereocenters. The van der Waals surface area contributed by atoms with Crippen LogP contribution < -0.4 is 9.47 Å². The first kappa shape index (κ1) is 14.0. The van der Waals surface area contributed by atoms with Crippen molar-refractivity contribution in [3.05, 3.63) is 18.0 Å². The van der Waals surface area contributed by atoms with Crippen molar-refractivity contribution in [1.29, 1.82) is 0 Å². The van der Waals surface area contributed by atoms with Crippen molar-refractivity contribution in [1.82, 2.24) is 9.55 Å². The second-order valence-electron chi connectivity index (χ2n) is 4.86. The SMILES string of the molecule is COc1cc2nc(CCl)n(CC(C)C)c2cc1OC. The molecule has 0 saturated heterocycles. The Morgan fingerprint density at radius 1 is 1.21 bits per heavy atom. The third-order valence-electron chi connectivity index (χ3n) is 3.00. The molecule has 2 rings (SSSR count). The average Bonchev–Trinajstić information content (AvgIpc) is 2.73. The second kappa shape index (κ2) is 5.70. The summed E-state index contributed by atoms with van der Waals surface area (Å²) >= 11 is 5.99. The quantitative estimate of drug-likeness (QED) is 0.788. The number of fused-ring (bicyclic) bond motifs is 1. The molecule has 5 heteroatoms. The van der Waals surface area contributed by atoms with Crippen LogP contribution in [-0.2, 0) is 12.4 Å². The molecule has 1 aromatic heterocycles. The van der Waals surface area contributed by atoms with Gasteiger partial charge in [-0.15, -0.1) is 11.6 Å². The highest BCUT2D eigenvalue weighted by Crippen LogP contribution is 2.33. The summed E-state index contributed by atoms with van der Waals surface area (Å²) in [6.45, 7) is 5.23. The third kappa shape index (κ3) is 2.63. The number of hydrogen-bond donors (Lipinski definition) is 0. The van der Waals surface area contributed by atoms with Crippen LogP contribution in [0.25, 0.3) is 11.0 Å². The number of ether oxygens (including phenoxy) is 2. The minimum absolute atomic E-state index is 0.395. The normalized spacial score (nSPS) is 11.3. The predicted molar refractivity (Wildman–Crippen MR) is 77.2 cm³/mol. The average molecular weight is 283 g/mol. The van der Waals surface area contributed by atoms with Crippen molar-refractivity contribution in [2.45, 2.75) is 26.3 Å². The highest BCUT2D eigenvalue weighted by molar-refractivity contribution is 6.16. The maximum atomic E-state index is 5.99. The minimum atomic E-state index is 0.395. The fraction of sp³-hybridized carbons (Fsp3) is 0.500. The molecule has 0 amide bonds. The van der Waals surface area contributed by atoms with Crippen LogP contribution in [0, 0.1) is 5.92 Å². The molecule has 0 unspecified atom stereocenters. The van der Waals surface area contributed by atoms with E-state index in [1.807, 2.05) is 12.1 Å². The summed E-state index contributed by atoms with van der Waals surface area (Å²) in [5.41, 5.74) is 1.91. The van der Waals surface area contributed by atoms with Gasteiger partial charge in [0, 0.05) is 18.7 Å². The Morgan fingerprint density at radius 2 is 1.84 bits per heavy atom. The zero-order valence-corrected chi connectivity index (χ0v) is 12.5. The van der Waals surface area contributed by atoms with Gasteiger partial charge in [0.1, 0.15) is 5.82 Å². The van der Waals surface area contributed by atoms with Gasteiger partial charge in [-0.05, 0) is 5.92 Å². The number of halogens is 1. The Morgan fingerprint density at radius 3 is 2.37 bits per heavy atom. The molecule has 1 heterocycles. The zero-order valence-electron chi connectivity index (χ0n) is 11.7. The summed E-state index contributed by atoms with van der Waals surface area (Å²) in [5.74, 6) is 3.19. The predicted octanol–water partition coefficient (Wildman–Crippen LogP) is 3.45. The van der Waals surface area contributed by atoms with Gasteiger partial charge in [0.05, 0.1) is 31.1 Å². The lowest BCUT2D eigenvalue weighted by Crippen LogP contribution is -2.07. The van der Waals surface area contributed by atoms with Crippen LogP contribution in [0.5, 0.6) is 11.5 Å². The molecule has 0 radical (unpaired) electrons. The first-order chi connectivity index (χ1) is 9.10. The van der Waals surface area contributed by atoms with Crippen LogP contribution >= 0.6 is 11.6 Å². The number of imidazole rings is 1. The molecule has 0 bridgehead atoms. The van der Waals surface area contributed by atoms with E-state index in [0.717, 1.165) is 23.4 Å². The van der Waals surface area contributed by atoms with Crippen molar-refractivity contribution in [3.63, 3.8) is 0 Å². The van der Waals surface area contributed by atoms with E-state index in [4.69, 9.17) is 21.1 Å². The summed E-state index contributed by atoms with van der Waals surface area (Å²) in [6, 6.07) is 3.85. The first-order valence-electron chi connectivity index (χ1n) is 6.27. The van der Waals surface area contributed by atoms with Gasteiger partial charge >= 0.3 is 0 Å². The summed E-state index contributed by atoms with van der Waals surface area (Å²) in [7, 11) is 3.26. The summed E-state index contributed by atoms with van der Waals surface area (Å²) in [4.78, 5) is 4.56. The Labute approximate surface area is 118 Å². The monoisotopic (exact) mass is 282 g/mol. The Balaban J connectivity index is 2.64. The van der Waals surface area contributed by atoms with Crippen molar-refractivity contribution < 1.29 is 9.47 Å². The lowest BCUT2D eigenvalue weighted by Gasteiger charge is -2.12. The molecule has 19 heavy (non-hydrogen) atoms. The lowest BCUT2D eigenvalue weighted by atomic mass is 10.2. The van der Waals surface area contributed by atoms with E-state index < -0.39 is 0 Å². The maximum absolute atomic E-state index is 5.99. The van der Waals surface area contributed by atoms with Gasteiger partial charge in [-0.2, -0.15) is 0 Å². The molecule has 0 aliphatic carbocycles. The number of benzene rings is 1. The van der Waals surface area contributed by atoms with Crippen LogP contribution in [0.4, 0.5) is 0 Å². The molecule has 0 fully saturated rings. The van der Waals surface area contributed by atoms with Crippen molar-refractivity contribution >= 4 is 22.6 Å². The summed E-state index contributed by atoms with van der Waals surface area (Å²) in [6.07, 6.45) is 0. The third-order valence-corrected chi connectivity index (χ3v) is 3.24. The Kier molecular flexibility index (Phi) is 4.20. The number of rotatable bonds is 5. The van der Waals surface area contributed by atoms with Crippen LogP contribution in [-0.4, -0.2) is 23.8 Å². The van der Waals surface area contributed by atoms with Crippen molar-refractivity contribution in [3.8, 4) is 11.5 Å². The van der Waals surface area contributed by atoms with E-state index in [1.54, 1.807) is 14.2 Å². The maximum Gasteiger partial charge on any atom is 0.163 e. The van der Waals surface area contributed by atoms with Gasteiger partial charge in [-0.25, -0.2) is 4.98 Å². The van der Waals surface area contributed by atoms with E-state index in [1.165, 1.54) is 0 Å². The molecule has 4 nitrogen and oxygen atoms in total. The molecular weight excluding hydrogens is 264 g/mol. The van der Waals surface area contributed by atoms with Gasteiger partial charge in [-0.3, -0.25) is 0 Å². The molecule has 0 aliphatic heterocycles. The van der Waals surface area contributed by atoms with Gasteiger partial charge in [-0.1, -0.05) is 13.8 Å². The number of aromatic nitrogens is 2. The molecule has 0 aliphatic rings. The van der Waals surface area contributed by atoms with Crippen LogP contribution in [0.3, 0.4) is 0 Å². The van der Waals surface area contributed by atoms with E-state index >= 15 is 0 Å². The standard InChI is InChI=1S/C14H19ClN2O2/c1-9(2)8-17-11-6-13(19-4)12(18-3)5-10(11)16-14(17)7-15/h5-6,9H,7-8H2,1-4H3. The molecule has 0 spiro atoms. The Bertz CT molecular complexity index is 578. The van der Waals surface area contributed by atoms with Crippen LogP contribution in [0.1, 0.15) is 19.7 Å². The molecule has 2 aromatic rings. The van der Waals surface area contributed by atoms with Gasteiger partial charge in [0.15, 0.2) is 11.5 Å². The number of hydrogen-bond acceptors (Lipinski definition) is 3. The summed E-state index contributed by atoms with van der Waals surface area (Å²) < 4.78 is 12.8. The molecule has 0 N–H and O–H groups in total. The second-order valence-corrected chi connectivity index (χ2v) is 5.13. The van der Waals surface area contributed by atoms with E-state index in [-0.39, 0.29) is 0 Å². The van der Waals surface area contributed by atoms with Crippen molar-refractivity contribution in [2.24, 2.45) is 5.92 Å². The molecular formula is C14H19ClN2O2. The van der Waals surface area contributed by atoms with E-state index in [9.17, 15) is 0 Å². The zero-order chi connectivity index (χ0) is 14.0. The smallest absolute Gasteiger partial charge is 0.163 e. The minimum Gasteiger partial charge on any atom is -0.493 e. The number of nitrogens with zero attached hydrogens (tertiary/aromatic N) is 2. The molecule has 104 valence electrons. The molecule has 0 saturated carbocycles. The van der Waals surface area contributed by atoms with Gasteiger partial charge < -0.3 is 14.0 Å². The highest BCUT2D eigenvalue weighted by atomic mass is 35.5. The van der Waals surface area contributed by atoms with E-state index in [2.05, 4.69) is 23.4 Å². The number of alkyl halides is 1.